The number of hydrogen-bond donors (Lipinski definition) is 1. The number of aromatic nitrogens is 1. The molecular weight excluding hydrogens is 314 g/mol. The fourth-order valence-corrected chi connectivity index (χ4v) is 3.25. The summed E-state index contributed by atoms with van der Waals surface area (Å²) in [5.41, 5.74) is 3.27. The van der Waals surface area contributed by atoms with Crippen molar-refractivity contribution in [2.75, 3.05) is 31.6 Å². The van der Waals surface area contributed by atoms with Crippen LogP contribution in [-0.4, -0.2) is 32.7 Å². The van der Waals surface area contributed by atoms with E-state index in [-0.39, 0.29) is 5.91 Å². The molecule has 0 atom stereocenters. The highest BCUT2D eigenvalue weighted by Crippen LogP contribution is 2.31. The molecule has 0 aliphatic carbocycles. The molecule has 1 aromatic heterocycles. The van der Waals surface area contributed by atoms with Gasteiger partial charge in [0.15, 0.2) is 6.54 Å². The fourth-order valence-electron chi connectivity index (χ4n) is 3.25. The lowest BCUT2D eigenvalue weighted by Crippen LogP contribution is -2.49. The molecule has 1 saturated heterocycles. The van der Waals surface area contributed by atoms with Gasteiger partial charge in [-0.25, -0.2) is 4.98 Å². The van der Waals surface area contributed by atoms with E-state index in [1.54, 1.807) is 7.11 Å². The zero-order valence-corrected chi connectivity index (χ0v) is 14.1. The van der Waals surface area contributed by atoms with Crippen LogP contribution >= 0.6 is 0 Å². The smallest absolute Gasteiger partial charge is 0.275 e. The number of pyridine rings is 1. The lowest BCUT2D eigenvalue weighted by atomic mass is 10.0. The first kappa shape index (κ1) is 15.4. The number of nitrogens with one attached hydrogen (secondary N) is 2. The van der Waals surface area contributed by atoms with Crippen molar-refractivity contribution in [2.45, 2.75) is 0 Å². The summed E-state index contributed by atoms with van der Waals surface area (Å²) in [5.74, 6) is 1.79. The molecule has 0 saturated carbocycles. The SMILES string of the molecule is COc1ccc2c(-c3ccccc3)cc(N3CCNC(=O)C3)[nH+]c2c1. The normalized spacial score (nSPS) is 14.4. The van der Waals surface area contributed by atoms with Gasteiger partial charge in [-0.2, -0.15) is 0 Å². The van der Waals surface area contributed by atoms with Crippen molar-refractivity contribution < 1.29 is 14.5 Å². The minimum absolute atomic E-state index is 0.0478. The molecule has 1 aliphatic heterocycles. The van der Waals surface area contributed by atoms with E-state index < -0.39 is 0 Å². The Bertz CT molecular complexity index is 925. The molecular formula is C20H20N3O2+. The van der Waals surface area contributed by atoms with Gasteiger partial charge in [-0.15, -0.1) is 0 Å². The summed E-state index contributed by atoms with van der Waals surface area (Å²) in [6.07, 6.45) is 0. The fraction of sp³-hybridized carbons (Fsp3) is 0.200. The van der Waals surface area contributed by atoms with Crippen LogP contribution in [0, 0.1) is 0 Å². The number of anilines is 1. The first-order chi connectivity index (χ1) is 12.2. The number of nitrogens with zero attached hydrogens (tertiary/aromatic N) is 1. The molecule has 0 spiro atoms. The molecule has 0 unspecified atom stereocenters. The van der Waals surface area contributed by atoms with E-state index >= 15 is 0 Å². The Balaban J connectivity index is 1.90. The van der Waals surface area contributed by atoms with Gasteiger partial charge in [0.05, 0.1) is 13.7 Å². The number of piperazine rings is 1. The molecule has 5 heteroatoms. The average molecular weight is 334 g/mol. The standard InChI is InChI=1S/C20H19N3O2/c1-25-15-7-8-16-17(14-5-3-2-4-6-14)12-19(22-18(16)11-15)23-10-9-21-20(24)13-23/h2-8,11-12H,9-10,13H2,1H3,(H,21,24)/p+1. The first-order valence-electron chi connectivity index (χ1n) is 8.36. The molecule has 4 rings (SSSR count). The number of aromatic amines is 1. The first-order valence-corrected chi connectivity index (χ1v) is 8.36. The molecule has 1 fully saturated rings. The van der Waals surface area contributed by atoms with Crippen molar-refractivity contribution in [1.82, 2.24) is 5.32 Å². The molecule has 2 aromatic carbocycles. The van der Waals surface area contributed by atoms with Crippen LogP contribution in [0.25, 0.3) is 22.0 Å². The number of ether oxygens (including phenoxy) is 1. The maximum absolute atomic E-state index is 11.8. The van der Waals surface area contributed by atoms with Crippen molar-refractivity contribution in [3.63, 3.8) is 0 Å². The van der Waals surface area contributed by atoms with Crippen LogP contribution in [-0.2, 0) is 4.79 Å². The predicted octanol–water partition coefficient (Wildman–Crippen LogP) is 2.27. The lowest BCUT2D eigenvalue weighted by Gasteiger charge is -2.22. The summed E-state index contributed by atoms with van der Waals surface area (Å²) in [6, 6.07) is 18.5. The average Bonchev–Trinajstić information content (AvgIpc) is 2.67. The van der Waals surface area contributed by atoms with E-state index in [2.05, 4.69) is 39.5 Å². The van der Waals surface area contributed by atoms with E-state index in [9.17, 15) is 4.79 Å². The van der Waals surface area contributed by atoms with Crippen LogP contribution in [0.2, 0.25) is 0 Å². The van der Waals surface area contributed by atoms with Gasteiger partial charge in [-0.05, 0) is 17.7 Å². The summed E-state index contributed by atoms with van der Waals surface area (Å²) < 4.78 is 5.37. The van der Waals surface area contributed by atoms with Crippen LogP contribution in [0.5, 0.6) is 5.75 Å². The molecule has 2 heterocycles. The monoisotopic (exact) mass is 334 g/mol. The van der Waals surface area contributed by atoms with Gasteiger partial charge < -0.3 is 10.1 Å². The highest BCUT2D eigenvalue weighted by atomic mass is 16.5. The number of fused-ring (bicyclic) bond motifs is 1. The molecule has 1 amide bonds. The van der Waals surface area contributed by atoms with Gasteiger partial charge in [0.1, 0.15) is 17.8 Å². The van der Waals surface area contributed by atoms with Gasteiger partial charge in [0.2, 0.25) is 0 Å². The lowest BCUT2D eigenvalue weighted by molar-refractivity contribution is -0.330. The van der Waals surface area contributed by atoms with E-state index in [0.29, 0.717) is 13.1 Å². The molecule has 1 aliphatic rings. The number of methoxy groups -OCH3 is 1. The number of hydrogen-bond acceptors (Lipinski definition) is 3. The summed E-state index contributed by atoms with van der Waals surface area (Å²) in [5, 5.41) is 3.99. The van der Waals surface area contributed by atoms with Gasteiger partial charge >= 0.3 is 0 Å². The van der Waals surface area contributed by atoms with Crippen LogP contribution in [0.15, 0.2) is 54.6 Å². The summed E-state index contributed by atoms with van der Waals surface area (Å²) in [6.45, 7) is 1.80. The Morgan fingerprint density at radius 2 is 1.96 bits per heavy atom. The Labute approximate surface area is 146 Å². The van der Waals surface area contributed by atoms with Crippen molar-refractivity contribution in [1.29, 1.82) is 0 Å². The molecule has 0 radical (unpaired) electrons. The quantitative estimate of drug-likeness (QED) is 0.799. The zero-order chi connectivity index (χ0) is 17.2. The van der Waals surface area contributed by atoms with Gasteiger partial charge in [0, 0.05) is 23.1 Å². The second-order valence-electron chi connectivity index (χ2n) is 6.12. The van der Waals surface area contributed by atoms with E-state index in [0.717, 1.165) is 40.1 Å². The van der Waals surface area contributed by atoms with Gasteiger partial charge in [-0.1, -0.05) is 30.3 Å². The Kier molecular flexibility index (Phi) is 3.98. The van der Waals surface area contributed by atoms with Crippen molar-refractivity contribution in [3.05, 3.63) is 54.6 Å². The van der Waals surface area contributed by atoms with Crippen molar-refractivity contribution in [3.8, 4) is 16.9 Å². The second kappa shape index (κ2) is 6.43. The summed E-state index contributed by atoms with van der Waals surface area (Å²) >= 11 is 0. The van der Waals surface area contributed by atoms with E-state index in [4.69, 9.17) is 4.74 Å². The van der Waals surface area contributed by atoms with Crippen molar-refractivity contribution >= 4 is 22.6 Å². The minimum Gasteiger partial charge on any atom is -0.497 e. The third-order valence-electron chi connectivity index (χ3n) is 4.52. The topological polar surface area (TPSA) is 55.7 Å². The Morgan fingerprint density at radius 1 is 1.12 bits per heavy atom. The Morgan fingerprint density at radius 3 is 2.72 bits per heavy atom. The molecule has 3 aromatic rings. The largest absolute Gasteiger partial charge is 0.497 e. The number of H-pyrrole nitrogens is 1. The number of benzene rings is 2. The van der Waals surface area contributed by atoms with Crippen LogP contribution in [0.4, 0.5) is 5.82 Å². The minimum atomic E-state index is 0.0478. The van der Waals surface area contributed by atoms with Crippen LogP contribution < -0.4 is 19.9 Å². The van der Waals surface area contributed by atoms with Crippen LogP contribution in [0.3, 0.4) is 0 Å². The molecule has 2 N–H and O–H groups in total. The van der Waals surface area contributed by atoms with Gasteiger partial charge in [0.25, 0.3) is 11.7 Å². The highest BCUT2D eigenvalue weighted by molar-refractivity contribution is 5.94. The number of carbonyl (C=O) groups excluding carboxylic acids is 1. The third-order valence-corrected chi connectivity index (χ3v) is 4.52. The van der Waals surface area contributed by atoms with E-state index in [1.165, 1.54) is 0 Å². The summed E-state index contributed by atoms with van der Waals surface area (Å²) in [7, 11) is 1.66. The van der Waals surface area contributed by atoms with Crippen molar-refractivity contribution in [2.24, 2.45) is 0 Å². The molecule has 5 nitrogen and oxygen atoms in total. The van der Waals surface area contributed by atoms with E-state index in [1.807, 2.05) is 30.3 Å². The summed E-state index contributed by atoms with van der Waals surface area (Å²) in [4.78, 5) is 17.3. The zero-order valence-electron chi connectivity index (χ0n) is 14.1. The number of carbonyl (C=O) groups is 1. The molecule has 126 valence electrons. The molecule has 0 bridgehead atoms. The Hall–Kier alpha value is -3.08. The predicted molar refractivity (Wildman–Crippen MR) is 97.7 cm³/mol. The number of rotatable bonds is 3. The number of amides is 1. The molecule has 25 heavy (non-hydrogen) atoms. The van der Waals surface area contributed by atoms with Crippen LogP contribution in [0.1, 0.15) is 0 Å². The maximum Gasteiger partial charge on any atom is 0.275 e. The third kappa shape index (κ3) is 3.01. The van der Waals surface area contributed by atoms with Gasteiger partial charge in [-0.3, -0.25) is 9.69 Å². The second-order valence-corrected chi connectivity index (χ2v) is 6.12. The maximum atomic E-state index is 11.8. The highest BCUT2D eigenvalue weighted by Gasteiger charge is 2.25.